The van der Waals surface area contributed by atoms with Crippen molar-refractivity contribution in [1.82, 2.24) is 4.90 Å². The quantitative estimate of drug-likeness (QED) is 0.792. The smallest absolute Gasteiger partial charge is 0.319 e. The van der Waals surface area contributed by atoms with Crippen molar-refractivity contribution in [2.75, 3.05) is 0 Å². The average Bonchev–Trinajstić information content (AvgIpc) is 2.93. The highest BCUT2D eigenvalue weighted by atomic mass is 16.4. The van der Waals surface area contributed by atoms with E-state index in [0.717, 1.165) is 16.7 Å². The number of nitrogens with zero attached hydrogens (tertiary/aromatic N) is 1. The minimum atomic E-state index is -1.57. The summed E-state index contributed by atoms with van der Waals surface area (Å²) in [4.78, 5) is 38.8. The van der Waals surface area contributed by atoms with Crippen LogP contribution in [0.1, 0.15) is 39.7 Å². The van der Waals surface area contributed by atoms with Gasteiger partial charge in [0.1, 0.15) is 5.41 Å². The van der Waals surface area contributed by atoms with E-state index in [4.69, 9.17) is 0 Å². The number of hydrogen-bond donors (Lipinski definition) is 1. The molecule has 0 bridgehead atoms. The van der Waals surface area contributed by atoms with Crippen molar-refractivity contribution in [2.45, 2.75) is 46.6 Å². The standard InChI is InChI=1S/C24H27NO4/c1-23(2,3)20(26)25-19(15-24(4,21(25)27)22(28)29)14-16-10-12-18(13-11-16)17-8-6-5-7-9-17/h5-13,19H,14-15H2,1-4H3,(H,28,29)/t19-,24+/m1/s1. The number of benzene rings is 2. The second-order valence-corrected chi connectivity index (χ2v) is 8.99. The second-order valence-electron chi connectivity index (χ2n) is 8.99. The third-order valence-corrected chi connectivity index (χ3v) is 5.56. The van der Waals surface area contributed by atoms with Crippen LogP contribution in [0.4, 0.5) is 0 Å². The maximum Gasteiger partial charge on any atom is 0.319 e. The Morgan fingerprint density at radius 3 is 2.10 bits per heavy atom. The van der Waals surface area contributed by atoms with E-state index < -0.39 is 28.7 Å². The van der Waals surface area contributed by atoms with Gasteiger partial charge >= 0.3 is 5.97 Å². The van der Waals surface area contributed by atoms with Crippen LogP contribution in [-0.2, 0) is 20.8 Å². The second kappa shape index (κ2) is 7.47. The molecular formula is C24H27NO4. The molecule has 1 aliphatic heterocycles. The molecule has 0 spiro atoms. The molecule has 152 valence electrons. The van der Waals surface area contributed by atoms with E-state index >= 15 is 0 Å². The van der Waals surface area contributed by atoms with E-state index in [1.807, 2.05) is 54.6 Å². The molecule has 0 radical (unpaired) electrons. The fraction of sp³-hybridized carbons (Fsp3) is 0.375. The van der Waals surface area contributed by atoms with E-state index in [0.29, 0.717) is 6.42 Å². The topological polar surface area (TPSA) is 74.7 Å². The zero-order valence-corrected chi connectivity index (χ0v) is 17.3. The van der Waals surface area contributed by atoms with Crippen molar-refractivity contribution in [1.29, 1.82) is 0 Å². The van der Waals surface area contributed by atoms with E-state index in [2.05, 4.69) is 0 Å². The van der Waals surface area contributed by atoms with Crippen molar-refractivity contribution < 1.29 is 19.5 Å². The first-order valence-electron chi connectivity index (χ1n) is 9.80. The Morgan fingerprint density at radius 2 is 1.59 bits per heavy atom. The Labute approximate surface area is 171 Å². The lowest BCUT2D eigenvalue weighted by Crippen LogP contribution is -2.48. The molecule has 1 heterocycles. The zero-order chi connectivity index (χ0) is 21.4. The lowest BCUT2D eigenvalue weighted by Gasteiger charge is -2.29. The molecule has 5 nitrogen and oxygen atoms in total. The molecule has 5 heteroatoms. The number of imide groups is 1. The van der Waals surface area contributed by atoms with Gasteiger partial charge in [-0.2, -0.15) is 0 Å². The summed E-state index contributed by atoms with van der Waals surface area (Å²) < 4.78 is 0. The molecule has 1 N–H and O–H groups in total. The van der Waals surface area contributed by atoms with Crippen molar-refractivity contribution in [3.05, 3.63) is 60.2 Å². The van der Waals surface area contributed by atoms with Crippen LogP contribution in [0.25, 0.3) is 11.1 Å². The summed E-state index contributed by atoms with van der Waals surface area (Å²) in [5, 5.41) is 9.63. The first-order chi connectivity index (χ1) is 13.5. The molecule has 0 aromatic heterocycles. The van der Waals surface area contributed by atoms with Gasteiger partial charge in [0.2, 0.25) is 11.8 Å². The highest BCUT2D eigenvalue weighted by Crippen LogP contribution is 2.40. The van der Waals surface area contributed by atoms with Crippen LogP contribution >= 0.6 is 0 Å². The maximum atomic E-state index is 12.9. The van der Waals surface area contributed by atoms with E-state index in [1.54, 1.807) is 20.8 Å². The molecule has 0 saturated carbocycles. The van der Waals surface area contributed by atoms with Gasteiger partial charge in [-0.1, -0.05) is 75.4 Å². The van der Waals surface area contributed by atoms with E-state index in [-0.39, 0.29) is 12.3 Å². The molecule has 3 rings (SSSR count). The van der Waals surface area contributed by atoms with Gasteiger partial charge in [0.15, 0.2) is 0 Å². The zero-order valence-electron chi connectivity index (χ0n) is 17.3. The lowest BCUT2D eigenvalue weighted by molar-refractivity contribution is -0.158. The SMILES string of the molecule is CC(C)(C)C(=O)N1C(=O)[C@@](C)(C(=O)O)C[C@H]1Cc1ccc(-c2ccccc2)cc1. The van der Waals surface area contributed by atoms with Gasteiger partial charge in [0.25, 0.3) is 0 Å². The van der Waals surface area contributed by atoms with Crippen LogP contribution in [0, 0.1) is 10.8 Å². The van der Waals surface area contributed by atoms with Gasteiger partial charge < -0.3 is 5.11 Å². The van der Waals surface area contributed by atoms with Gasteiger partial charge in [0.05, 0.1) is 0 Å². The number of carbonyl (C=O) groups excluding carboxylic acids is 2. The van der Waals surface area contributed by atoms with Crippen LogP contribution in [0.5, 0.6) is 0 Å². The van der Waals surface area contributed by atoms with E-state index in [9.17, 15) is 19.5 Å². The van der Waals surface area contributed by atoms with Crippen molar-refractivity contribution >= 4 is 17.8 Å². The number of aliphatic carboxylic acids is 1. The van der Waals surface area contributed by atoms with E-state index in [1.165, 1.54) is 11.8 Å². The minimum absolute atomic E-state index is 0.115. The van der Waals surface area contributed by atoms with Crippen molar-refractivity contribution in [2.24, 2.45) is 10.8 Å². The Hall–Kier alpha value is -2.95. The number of carboxylic acids is 1. The summed E-state index contributed by atoms with van der Waals surface area (Å²) in [5.74, 6) is -2.13. The Morgan fingerprint density at radius 1 is 1.03 bits per heavy atom. The van der Waals surface area contributed by atoms with Crippen LogP contribution in [0.15, 0.2) is 54.6 Å². The first-order valence-corrected chi connectivity index (χ1v) is 9.80. The first kappa shape index (κ1) is 20.8. The highest BCUT2D eigenvalue weighted by molar-refractivity contribution is 6.10. The Kier molecular flexibility index (Phi) is 5.35. The monoisotopic (exact) mass is 393 g/mol. The fourth-order valence-electron chi connectivity index (χ4n) is 3.78. The Balaban J connectivity index is 1.88. The van der Waals surface area contributed by atoms with Gasteiger partial charge in [-0.25, -0.2) is 0 Å². The molecule has 29 heavy (non-hydrogen) atoms. The molecule has 0 aliphatic carbocycles. The van der Waals surface area contributed by atoms with Gasteiger partial charge in [-0.15, -0.1) is 0 Å². The summed E-state index contributed by atoms with van der Waals surface area (Å²) in [6, 6.07) is 17.5. The van der Waals surface area contributed by atoms with Gasteiger partial charge in [-0.3, -0.25) is 19.3 Å². The van der Waals surface area contributed by atoms with Gasteiger partial charge in [-0.05, 0) is 36.5 Å². The van der Waals surface area contributed by atoms with Crippen LogP contribution in [-0.4, -0.2) is 33.8 Å². The summed E-state index contributed by atoms with van der Waals surface area (Å²) >= 11 is 0. The van der Waals surface area contributed by atoms with Crippen LogP contribution in [0.3, 0.4) is 0 Å². The molecule has 2 aromatic rings. The average molecular weight is 393 g/mol. The normalized spacial score (nSPS) is 22.0. The molecule has 1 aliphatic rings. The Bertz CT molecular complexity index is 928. The number of amides is 2. The lowest BCUT2D eigenvalue weighted by atomic mass is 9.86. The number of carbonyl (C=O) groups is 3. The predicted octanol–water partition coefficient (Wildman–Crippen LogP) is 4.16. The summed E-state index contributed by atoms with van der Waals surface area (Å²) in [6.45, 7) is 6.64. The molecule has 2 atom stereocenters. The van der Waals surface area contributed by atoms with Crippen LogP contribution < -0.4 is 0 Å². The summed E-state index contributed by atoms with van der Waals surface area (Å²) in [5.41, 5.74) is 0.807. The fourth-order valence-corrected chi connectivity index (χ4v) is 3.78. The number of rotatable bonds is 4. The number of likely N-dealkylation sites (tertiary alicyclic amines) is 1. The molecule has 1 saturated heterocycles. The van der Waals surface area contributed by atoms with Crippen molar-refractivity contribution in [3.63, 3.8) is 0 Å². The molecule has 1 fully saturated rings. The highest BCUT2D eigenvalue weighted by Gasteiger charge is 2.56. The maximum absolute atomic E-state index is 12.9. The molecule has 2 amide bonds. The summed E-state index contributed by atoms with van der Waals surface area (Å²) in [6.07, 6.45) is 0.551. The largest absolute Gasteiger partial charge is 0.480 e. The molecular weight excluding hydrogens is 366 g/mol. The number of hydrogen-bond acceptors (Lipinski definition) is 3. The third kappa shape index (κ3) is 3.95. The van der Waals surface area contributed by atoms with Crippen molar-refractivity contribution in [3.8, 4) is 11.1 Å². The minimum Gasteiger partial charge on any atom is -0.480 e. The van der Waals surface area contributed by atoms with Crippen LogP contribution in [0.2, 0.25) is 0 Å². The predicted molar refractivity (Wildman–Crippen MR) is 111 cm³/mol. The molecule has 2 aromatic carbocycles. The van der Waals surface area contributed by atoms with Gasteiger partial charge in [0, 0.05) is 11.5 Å². The molecule has 0 unspecified atom stereocenters. The summed E-state index contributed by atoms with van der Waals surface area (Å²) in [7, 11) is 0. The number of carboxylic acid groups (broad SMARTS) is 1. The third-order valence-electron chi connectivity index (χ3n) is 5.56.